The van der Waals surface area contributed by atoms with Crippen LogP contribution in [0.2, 0.25) is 0 Å². The molecule has 0 aliphatic carbocycles. The molecule has 0 saturated carbocycles. The zero-order valence-corrected chi connectivity index (χ0v) is 5.57. The Balaban J connectivity index is 3.52. The minimum atomic E-state index is 0.287. The number of hydrogen-bond acceptors (Lipinski definition) is 2. The van der Waals surface area contributed by atoms with Gasteiger partial charge < -0.3 is 11.1 Å². The van der Waals surface area contributed by atoms with E-state index in [1.54, 1.807) is 0 Å². The van der Waals surface area contributed by atoms with Gasteiger partial charge in [-0.2, -0.15) is 0 Å². The summed E-state index contributed by atoms with van der Waals surface area (Å²) in [6.45, 7) is 5.68. The third kappa shape index (κ3) is 1.98. The normalized spacial score (nSPS) is 13.2. The van der Waals surface area contributed by atoms with Crippen LogP contribution in [0.15, 0.2) is 12.3 Å². The van der Waals surface area contributed by atoms with Crippen molar-refractivity contribution in [3.63, 3.8) is 0 Å². The molecule has 8 heavy (non-hydrogen) atoms. The standard InChI is InChI=1S/C6H14N2/c1-4-6(8-3)5(2)7/h6,8H,2,4,7H2,1,3H3. The largest absolute Gasteiger partial charge is 0.401 e. The average Bonchev–Trinajstić information content (AvgIpc) is 1.69. The van der Waals surface area contributed by atoms with Gasteiger partial charge in [-0.15, -0.1) is 0 Å². The van der Waals surface area contributed by atoms with Crippen molar-refractivity contribution in [2.24, 2.45) is 5.73 Å². The summed E-state index contributed by atoms with van der Waals surface area (Å²) in [7, 11) is 1.88. The maximum atomic E-state index is 5.40. The predicted octanol–water partition coefficient (Wildman–Crippen LogP) is 0.457. The number of rotatable bonds is 3. The number of likely N-dealkylation sites (N-methyl/N-ethyl adjacent to an activating group) is 1. The molecule has 0 bridgehead atoms. The van der Waals surface area contributed by atoms with Crippen LogP contribution in [-0.2, 0) is 0 Å². The fourth-order valence-corrected chi connectivity index (χ4v) is 0.652. The van der Waals surface area contributed by atoms with E-state index in [1.165, 1.54) is 0 Å². The lowest BCUT2D eigenvalue weighted by Crippen LogP contribution is -2.29. The van der Waals surface area contributed by atoms with Crippen LogP contribution >= 0.6 is 0 Å². The lowest BCUT2D eigenvalue weighted by Gasteiger charge is -2.11. The summed E-state index contributed by atoms with van der Waals surface area (Å²) in [4.78, 5) is 0. The van der Waals surface area contributed by atoms with E-state index in [0.29, 0.717) is 0 Å². The van der Waals surface area contributed by atoms with Crippen LogP contribution < -0.4 is 11.1 Å². The van der Waals surface area contributed by atoms with E-state index in [1.807, 2.05) is 7.05 Å². The summed E-state index contributed by atoms with van der Waals surface area (Å²) in [5.41, 5.74) is 6.12. The summed E-state index contributed by atoms with van der Waals surface area (Å²) in [6.07, 6.45) is 1.01. The van der Waals surface area contributed by atoms with E-state index < -0.39 is 0 Å². The summed E-state index contributed by atoms with van der Waals surface area (Å²) < 4.78 is 0. The highest BCUT2D eigenvalue weighted by molar-refractivity contribution is 4.98. The molecule has 48 valence electrons. The number of nitrogens with two attached hydrogens (primary N) is 1. The van der Waals surface area contributed by atoms with Crippen molar-refractivity contribution in [2.75, 3.05) is 7.05 Å². The first-order valence-electron chi connectivity index (χ1n) is 2.83. The van der Waals surface area contributed by atoms with Gasteiger partial charge in [-0.3, -0.25) is 0 Å². The highest BCUT2D eigenvalue weighted by Gasteiger charge is 2.00. The Hall–Kier alpha value is -0.500. The van der Waals surface area contributed by atoms with Crippen molar-refractivity contribution in [3.8, 4) is 0 Å². The van der Waals surface area contributed by atoms with Gasteiger partial charge in [0.2, 0.25) is 0 Å². The molecule has 0 aliphatic rings. The summed E-state index contributed by atoms with van der Waals surface area (Å²) in [5, 5.41) is 3.03. The Morgan fingerprint density at radius 2 is 2.38 bits per heavy atom. The molecule has 0 rings (SSSR count). The van der Waals surface area contributed by atoms with Crippen molar-refractivity contribution in [1.82, 2.24) is 5.32 Å². The van der Waals surface area contributed by atoms with Gasteiger partial charge >= 0.3 is 0 Å². The molecule has 0 fully saturated rings. The second-order valence-corrected chi connectivity index (χ2v) is 1.82. The molecule has 2 heteroatoms. The highest BCUT2D eigenvalue weighted by atomic mass is 14.9. The Morgan fingerprint density at radius 1 is 1.88 bits per heavy atom. The average molecular weight is 114 g/mol. The second-order valence-electron chi connectivity index (χ2n) is 1.82. The van der Waals surface area contributed by atoms with Crippen LogP contribution in [0.4, 0.5) is 0 Å². The zero-order valence-electron chi connectivity index (χ0n) is 5.57. The molecule has 0 aromatic carbocycles. The Kier molecular flexibility index (Phi) is 3.28. The topological polar surface area (TPSA) is 38.0 Å². The lowest BCUT2D eigenvalue weighted by atomic mass is 10.2. The molecular formula is C6H14N2. The first-order valence-corrected chi connectivity index (χ1v) is 2.83. The zero-order chi connectivity index (χ0) is 6.57. The van der Waals surface area contributed by atoms with Gasteiger partial charge in [-0.1, -0.05) is 13.5 Å². The van der Waals surface area contributed by atoms with E-state index >= 15 is 0 Å². The van der Waals surface area contributed by atoms with Gasteiger partial charge in [-0.05, 0) is 13.5 Å². The van der Waals surface area contributed by atoms with E-state index in [-0.39, 0.29) is 6.04 Å². The van der Waals surface area contributed by atoms with Crippen molar-refractivity contribution >= 4 is 0 Å². The Bertz CT molecular complexity index is 74.6. The monoisotopic (exact) mass is 114 g/mol. The summed E-state index contributed by atoms with van der Waals surface area (Å²) in [5.74, 6) is 0. The Labute approximate surface area is 50.8 Å². The molecule has 0 amide bonds. The van der Waals surface area contributed by atoms with Crippen molar-refractivity contribution in [2.45, 2.75) is 19.4 Å². The van der Waals surface area contributed by atoms with Crippen molar-refractivity contribution in [3.05, 3.63) is 12.3 Å². The van der Waals surface area contributed by atoms with E-state index in [9.17, 15) is 0 Å². The van der Waals surface area contributed by atoms with Gasteiger partial charge in [0.15, 0.2) is 0 Å². The SMILES string of the molecule is C=C(N)C(CC)NC. The molecule has 2 nitrogen and oxygen atoms in total. The molecular weight excluding hydrogens is 100 g/mol. The van der Waals surface area contributed by atoms with Crippen LogP contribution in [0.25, 0.3) is 0 Å². The first-order chi connectivity index (χ1) is 3.72. The van der Waals surface area contributed by atoms with Gasteiger partial charge in [0.05, 0.1) is 0 Å². The molecule has 3 N–H and O–H groups in total. The molecule has 1 atom stereocenters. The minimum absolute atomic E-state index is 0.287. The van der Waals surface area contributed by atoms with Gasteiger partial charge in [0.1, 0.15) is 0 Å². The van der Waals surface area contributed by atoms with Crippen LogP contribution in [0.3, 0.4) is 0 Å². The quantitative estimate of drug-likeness (QED) is 0.559. The molecule has 0 spiro atoms. The van der Waals surface area contributed by atoms with E-state index in [0.717, 1.165) is 12.1 Å². The minimum Gasteiger partial charge on any atom is -0.401 e. The van der Waals surface area contributed by atoms with Crippen LogP contribution in [-0.4, -0.2) is 13.1 Å². The number of nitrogens with one attached hydrogen (secondary N) is 1. The van der Waals surface area contributed by atoms with Gasteiger partial charge in [0.25, 0.3) is 0 Å². The van der Waals surface area contributed by atoms with Crippen LogP contribution in [0.1, 0.15) is 13.3 Å². The summed E-state index contributed by atoms with van der Waals surface area (Å²) in [6, 6.07) is 0.287. The molecule has 0 radical (unpaired) electrons. The molecule has 0 heterocycles. The third-order valence-corrected chi connectivity index (χ3v) is 1.20. The molecule has 0 aromatic heterocycles. The second kappa shape index (κ2) is 3.50. The fraction of sp³-hybridized carbons (Fsp3) is 0.667. The van der Waals surface area contributed by atoms with Crippen LogP contribution in [0.5, 0.6) is 0 Å². The van der Waals surface area contributed by atoms with Gasteiger partial charge in [0, 0.05) is 11.7 Å². The molecule has 1 unspecified atom stereocenters. The van der Waals surface area contributed by atoms with E-state index in [4.69, 9.17) is 5.73 Å². The molecule has 0 aromatic rings. The summed E-state index contributed by atoms with van der Waals surface area (Å²) >= 11 is 0. The highest BCUT2D eigenvalue weighted by Crippen LogP contribution is 1.94. The molecule has 0 saturated heterocycles. The predicted molar refractivity (Wildman–Crippen MR) is 36.5 cm³/mol. The molecule has 0 aliphatic heterocycles. The maximum Gasteiger partial charge on any atom is 0.0456 e. The fourth-order valence-electron chi connectivity index (χ4n) is 0.652. The van der Waals surface area contributed by atoms with Gasteiger partial charge in [-0.25, -0.2) is 0 Å². The van der Waals surface area contributed by atoms with Crippen molar-refractivity contribution < 1.29 is 0 Å². The Morgan fingerprint density at radius 3 is 2.38 bits per heavy atom. The van der Waals surface area contributed by atoms with Crippen molar-refractivity contribution in [1.29, 1.82) is 0 Å². The third-order valence-electron chi connectivity index (χ3n) is 1.20. The van der Waals surface area contributed by atoms with E-state index in [2.05, 4.69) is 18.8 Å². The number of hydrogen-bond donors (Lipinski definition) is 2. The van der Waals surface area contributed by atoms with Crippen LogP contribution in [0, 0.1) is 0 Å². The first kappa shape index (κ1) is 7.50. The lowest BCUT2D eigenvalue weighted by molar-refractivity contribution is 0.613. The smallest absolute Gasteiger partial charge is 0.0456 e. The maximum absolute atomic E-state index is 5.40.